The number of β-amino-alcohol motifs (C(OH)–C–C–N with tert-alkyl or cyclic N) is 1. The van der Waals surface area contributed by atoms with Gasteiger partial charge < -0.3 is 50.0 Å². The van der Waals surface area contributed by atoms with Crippen LogP contribution in [0.25, 0.3) is 10.4 Å². The van der Waals surface area contributed by atoms with E-state index in [1.807, 2.05) is 25.1 Å². The summed E-state index contributed by atoms with van der Waals surface area (Å²) >= 11 is 1.50. The molecule has 2 aliphatic rings. The molecule has 1 aromatic carbocycles. The zero-order valence-electron chi connectivity index (χ0n) is 30.1. The number of hydrogen-bond donors (Lipinski definition) is 5. The smallest absolute Gasteiger partial charge is 0.404 e. The van der Waals surface area contributed by atoms with Crippen molar-refractivity contribution >= 4 is 35.2 Å². The van der Waals surface area contributed by atoms with Crippen LogP contribution >= 0.6 is 11.3 Å². The Balaban J connectivity index is 1.32. The first kappa shape index (κ1) is 40.9. The molecule has 2 heterocycles. The Morgan fingerprint density at radius 2 is 1.69 bits per heavy atom. The van der Waals surface area contributed by atoms with Crippen molar-refractivity contribution < 1.29 is 52.7 Å². The summed E-state index contributed by atoms with van der Waals surface area (Å²) in [6, 6.07) is 3.54. The second-order valence-corrected chi connectivity index (χ2v) is 14.7. The summed E-state index contributed by atoms with van der Waals surface area (Å²) in [5.41, 5.74) is 1.45. The molecule has 2 fully saturated rings. The van der Waals surface area contributed by atoms with Crippen molar-refractivity contribution in [3.63, 3.8) is 0 Å². The van der Waals surface area contributed by atoms with Gasteiger partial charge in [-0.3, -0.25) is 14.4 Å². The maximum absolute atomic E-state index is 14.5. The van der Waals surface area contributed by atoms with Crippen molar-refractivity contribution in [3.8, 4) is 16.2 Å². The van der Waals surface area contributed by atoms with Gasteiger partial charge in [0.25, 0.3) is 5.91 Å². The van der Waals surface area contributed by atoms with E-state index < -0.39 is 53.1 Å². The van der Waals surface area contributed by atoms with Gasteiger partial charge in [-0.15, -0.1) is 11.3 Å². The van der Waals surface area contributed by atoms with Gasteiger partial charge >= 0.3 is 6.09 Å². The number of hydrogen-bond acceptors (Lipinski definition) is 11. The Kier molecular flexibility index (Phi) is 14.7. The summed E-state index contributed by atoms with van der Waals surface area (Å²) in [6.07, 6.45) is -1.83. The molecule has 4 amide bonds. The Bertz CT molecular complexity index is 1530. The van der Waals surface area contributed by atoms with E-state index in [1.165, 1.54) is 16.2 Å². The molecule has 0 spiro atoms. The van der Waals surface area contributed by atoms with E-state index in [0.29, 0.717) is 37.7 Å². The number of amides is 4. The van der Waals surface area contributed by atoms with Crippen LogP contribution in [-0.2, 0) is 35.1 Å². The monoisotopic (exact) mass is 751 g/mol. The molecule has 288 valence electrons. The van der Waals surface area contributed by atoms with Crippen LogP contribution in [0.15, 0.2) is 23.7 Å². The van der Waals surface area contributed by atoms with Gasteiger partial charge in [0.2, 0.25) is 11.8 Å². The van der Waals surface area contributed by atoms with Crippen molar-refractivity contribution in [2.75, 3.05) is 59.3 Å². The molecule has 2 aromatic rings. The van der Waals surface area contributed by atoms with Crippen LogP contribution in [0.5, 0.6) is 5.75 Å². The number of thiazole rings is 1. The number of alkyl halides is 1. The molecule has 0 radical (unpaired) electrons. The Morgan fingerprint density at radius 3 is 2.29 bits per heavy atom. The predicted octanol–water partition coefficient (Wildman–Crippen LogP) is 2.43. The van der Waals surface area contributed by atoms with E-state index in [9.17, 15) is 28.7 Å². The van der Waals surface area contributed by atoms with Crippen LogP contribution in [0.1, 0.15) is 51.3 Å². The summed E-state index contributed by atoms with van der Waals surface area (Å²) in [5, 5.41) is 26.7. The van der Waals surface area contributed by atoms with Crippen LogP contribution in [0, 0.1) is 12.3 Å². The van der Waals surface area contributed by atoms with E-state index in [1.54, 1.807) is 26.3 Å². The molecule has 4 rings (SSSR count). The van der Waals surface area contributed by atoms with E-state index in [-0.39, 0.29) is 58.7 Å². The first-order valence-corrected chi connectivity index (χ1v) is 18.2. The number of carbonyl (C=O) groups is 4. The van der Waals surface area contributed by atoms with Gasteiger partial charge in [0.15, 0.2) is 5.67 Å². The fraction of sp³-hybridized carbons (Fsp3) is 0.629. The topological polar surface area (TPSA) is 198 Å². The minimum atomic E-state index is -1.97. The Hall–Kier alpha value is -3.90. The lowest BCUT2D eigenvalue weighted by atomic mass is 9.85. The standard InChI is InChI=1S/C35H50FN5O10S/c1-22-28(52-21-39-22)23-5-6-24(27(17-23)51-16-15-50-14-13-49-12-11-48-10-9-37-33(46)47)19-38-30(43)26-18-25(42)20-41(26)31(44)29(34(2,3)4)40-32(45)35(36)7-8-35/h5-6,17,21,25-26,29,37,42H,7-16,18-20H2,1-4H3,(H,38,43)(H,40,45)(H,46,47)/t25-,26+,29?/m1/s1. The summed E-state index contributed by atoms with van der Waals surface area (Å²) in [4.78, 5) is 56.9. The zero-order chi connectivity index (χ0) is 37.9. The van der Waals surface area contributed by atoms with Crippen molar-refractivity contribution in [3.05, 3.63) is 35.0 Å². The molecule has 1 aliphatic carbocycles. The fourth-order valence-corrected chi connectivity index (χ4v) is 6.36. The van der Waals surface area contributed by atoms with Gasteiger partial charge in [-0.1, -0.05) is 32.9 Å². The van der Waals surface area contributed by atoms with Crippen molar-refractivity contribution in [1.82, 2.24) is 25.8 Å². The third-order valence-electron chi connectivity index (χ3n) is 8.63. The van der Waals surface area contributed by atoms with Crippen LogP contribution in [0.3, 0.4) is 0 Å². The summed E-state index contributed by atoms with van der Waals surface area (Å²) in [7, 11) is 0. The third kappa shape index (κ3) is 11.8. The van der Waals surface area contributed by atoms with Gasteiger partial charge in [0.05, 0.1) is 61.8 Å². The number of aryl methyl sites for hydroxylation is 1. The normalized spacial score (nSPS) is 18.5. The molecular weight excluding hydrogens is 701 g/mol. The highest BCUT2D eigenvalue weighted by Crippen LogP contribution is 2.40. The minimum Gasteiger partial charge on any atom is -0.491 e. The number of benzene rings is 1. The number of aliphatic hydroxyl groups excluding tert-OH is 1. The molecule has 3 atom stereocenters. The van der Waals surface area contributed by atoms with E-state index in [2.05, 4.69) is 20.9 Å². The predicted molar refractivity (Wildman–Crippen MR) is 189 cm³/mol. The van der Waals surface area contributed by atoms with Crippen LogP contribution in [0.4, 0.5) is 9.18 Å². The highest BCUT2D eigenvalue weighted by molar-refractivity contribution is 7.13. The number of halogens is 1. The van der Waals surface area contributed by atoms with E-state index in [4.69, 9.17) is 24.1 Å². The average Bonchev–Trinajstić information content (AvgIpc) is 3.50. The summed E-state index contributed by atoms with van der Waals surface area (Å²) in [5.74, 6) is -1.35. The number of likely N-dealkylation sites (tertiary alicyclic amines) is 1. The van der Waals surface area contributed by atoms with Gasteiger partial charge in [-0.05, 0) is 36.8 Å². The second kappa shape index (κ2) is 18.7. The first-order valence-electron chi connectivity index (χ1n) is 17.3. The molecule has 15 nitrogen and oxygen atoms in total. The lowest BCUT2D eigenvalue weighted by Crippen LogP contribution is -2.59. The summed E-state index contributed by atoms with van der Waals surface area (Å²) in [6.45, 7) is 9.39. The van der Waals surface area contributed by atoms with E-state index in [0.717, 1.165) is 16.1 Å². The zero-order valence-corrected chi connectivity index (χ0v) is 30.9. The van der Waals surface area contributed by atoms with Gasteiger partial charge in [-0.2, -0.15) is 0 Å². The van der Waals surface area contributed by atoms with Crippen LogP contribution in [0.2, 0.25) is 0 Å². The molecular formula is C35H50FN5O10S. The number of nitrogens with zero attached hydrogens (tertiary/aromatic N) is 2. The molecule has 1 saturated carbocycles. The van der Waals surface area contributed by atoms with Gasteiger partial charge in [0, 0.05) is 31.6 Å². The molecule has 5 N–H and O–H groups in total. The maximum Gasteiger partial charge on any atom is 0.404 e. The van der Waals surface area contributed by atoms with Crippen LogP contribution in [-0.4, -0.2) is 127 Å². The molecule has 1 saturated heterocycles. The molecule has 1 unspecified atom stereocenters. The number of aliphatic hydroxyl groups is 1. The third-order valence-corrected chi connectivity index (χ3v) is 9.61. The molecule has 1 aliphatic heterocycles. The summed E-state index contributed by atoms with van der Waals surface area (Å²) < 4.78 is 37.0. The maximum atomic E-state index is 14.5. The number of ether oxygens (including phenoxy) is 4. The molecule has 1 aromatic heterocycles. The number of nitrogens with one attached hydrogen (secondary N) is 3. The van der Waals surface area contributed by atoms with Crippen LogP contribution < -0.4 is 20.7 Å². The lowest BCUT2D eigenvalue weighted by Gasteiger charge is -2.35. The quantitative estimate of drug-likeness (QED) is 0.125. The van der Waals surface area contributed by atoms with E-state index >= 15 is 0 Å². The van der Waals surface area contributed by atoms with Gasteiger partial charge in [0.1, 0.15) is 24.4 Å². The van der Waals surface area contributed by atoms with Gasteiger partial charge in [-0.25, -0.2) is 14.2 Å². The highest BCUT2D eigenvalue weighted by Gasteiger charge is 2.53. The first-order chi connectivity index (χ1) is 24.7. The number of rotatable bonds is 20. The van der Waals surface area contributed by atoms with Crippen molar-refractivity contribution in [2.45, 2.75) is 77.4 Å². The SMILES string of the molecule is Cc1ncsc1-c1ccc(CNC(=O)[C@@H]2C[C@@H](O)CN2C(=O)C(NC(=O)C2(F)CC2)C(C)(C)C)c(OCCOCCOCCOCCNC(=O)O)c1. The lowest BCUT2D eigenvalue weighted by molar-refractivity contribution is -0.145. The number of aromatic nitrogens is 1. The molecule has 0 bridgehead atoms. The Morgan fingerprint density at radius 1 is 1.04 bits per heavy atom. The fourth-order valence-electron chi connectivity index (χ4n) is 5.56. The highest BCUT2D eigenvalue weighted by atomic mass is 32.1. The average molecular weight is 752 g/mol. The number of carbonyl (C=O) groups excluding carboxylic acids is 3. The second-order valence-electron chi connectivity index (χ2n) is 13.9. The minimum absolute atomic E-state index is 0.0146. The Labute approximate surface area is 306 Å². The molecule has 17 heteroatoms. The number of carboxylic acid groups (broad SMARTS) is 1. The van der Waals surface area contributed by atoms with Crippen molar-refractivity contribution in [2.24, 2.45) is 5.41 Å². The molecule has 52 heavy (non-hydrogen) atoms. The largest absolute Gasteiger partial charge is 0.491 e. The van der Waals surface area contributed by atoms with Crippen molar-refractivity contribution in [1.29, 1.82) is 0 Å².